The lowest BCUT2D eigenvalue weighted by Gasteiger charge is -2.08. The number of methoxy groups -OCH3 is 1. The molecule has 0 atom stereocenters. The van der Waals surface area contributed by atoms with E-state index in [4.69, 9.17) is 4.74 Å². The minimum Gasteiger partial charge on any atom is -0.384 e. The van der Waals surface area contributed by atoms with Crippen molar-refractivity contribution in [1.29, 1.82) is 0 Å². The molecule has 16 heavy (non-hydrogen) atoms. The van der Waals surface area contributed by atoms with Crippen molar-refractivity contribution < 1.29 is 4.74 Å². The Balaban J connectivity index is 2.53. The molecular formula is C13H21NOS. The Bertz CT molecular complexity index is 315. The second-order valence-electron chi connectivity index (χ2n) is 3.72. The molecule has 0 bridgehead atoms. The Morgan fingerprint density at radius 2 is 2.19 bits per heavy atom. The average molecular weight is 239 g/mol. The van der Waals surface area contributed by atoms with Crippen molar-refractivity contribution in [2.45, 2.75) is 25.3 Å². The lowest BCUT2D eigenvalue weighted by Crippen LogP contribution is -2.11. The fourth-order valence-electron chi connectivity index (χ4n) is 1.49. The second-order valence-corrected chi connectivity index (χ2v) is 4.86. The lowest BCUT2D eigenvalue weighted by molar-refractivity contribution is 0.218. The van der Waals surface area contributed by atoms with Gasteiger partial charge in [-0.3, -0.25) is 0 Å². The van der Waals surface area contributed by atoms with Crippen LogP contribution in [0.25, 0.3) is 0 Å². The summed E-state index contributed by atoms with van der Waals surface area (Å²) >= 11 is 1.86. The summed E-state index contributed by atoms with van der Waals surface area (Å²) in [4.78, 5) is 1.36. The van der Waals surface area contributed by atoms with Crippen LogP contribution >= 0.6 is 11.8 Å². The van der Waals surface area contributed by atoms with E-state index in [9.17, 15) is 0 Å². The van der Waals surface area contributed by atoms with Crippen LogP contribution in [0.4, 0.5) is 0 Å². The molecule has 0 amide bonds. The van der Waals surface area contributed by atoms with E-state index in [-0.39, 0.29) is 0 Å². The monoisotopic (exact) mass is 239 g/mol. The maximum atomic E-state index is 5.05. The summed E-state index contributed by atoms with van der Waals surface area (Å²) in [6.45, 7) is 7.08. The average Bonchev–Trinajstić information content (AvgIpc) is 2.29. The van der Waals surface area contributed by atoms with Crippen molar-refractivity contribution in [3.8, 4) is 0 Å². The largest absolute Gasteiger partial charge is 0.384 e. The zero-order valence-corrected chi connectivity index (χ0v) is 11.2. The van der Waals surface area contributed by atoms with Crippen LogP contribution in [0.5, 0.6) is 0 Å². The maximum absolute atomic E-state index is 5.05. The minimum atomic E-state index is 0.809. The molecule has 3 heteroatoms. The van der Waals surface area contributed by atoms with Gasteiger partial charge in [0, 0.05) is 24.3 Å². The van der Waals surface area contributed by atoms with Gasteiger partial charge in [0.2, 0.25) is 0 Å². The molecule has 0 aliphatic carbocycles. The number of rotatable bonds is 7. The second kappa shape index (κ2) is 7.71. The van der Waals surface area contributed by atoms with Crippen molar-refractivity contribution in [3.63, 3.8) is 0 Å². The summed E-state index contributed by atoms with van der Waals surface area (Å²) in [7, 11) is 1.74. The number of ether oxygens (including phenoxy) is 1. The third-order valence-corrected chi connectivity index (χ3v) is 3.50. The van der Waals surface area contributed by atoms with Gasteiger partial charge in [-0.2, -0.15) is 0 Å². The van der Waals surface area contributed by atoms with Crippen LogP contribution < -0.4 is 5.32 Å². The Morgan fingerprint density at radius 3 is 2.81 bits per heavy atom. The number of aryl methyl sites for hydroxylation is 1. The van der Waals surface area contributed by atoms with E-state index in [2.05, 4.69) is 37.4 Å². The molecule has 0 saturated heterocycles. The van der Waals surface area contributed by atoms with Gasteiger partial charge in [0.15, 0.2) is 0 Å². The molecule has 0 radical (unpaired) electrons. The first-order valence-electron chi connectivity index (χ1n) is 5.70. The van der Waals surface area contributed by atoms with Crippen LogP contribution in [0.2, 0.25) is 0 Å². The minimum absolute atomic E-state index is 0.809. The van der Waals surface area contributed by atoms with Gasteiger partial charge in [-0.05, 0) is 30.7 Å². The van der Waals surface area contributed by atoms with Crippen molar-refractivity contribution in [2.75, 3.05) is 26.0 Å². The fourth-order valence-corrected chi connectivity index (χ4v) is 2.41. The summed E-state index contributed by atoms with van der Waals surface area (Å²) in [6.07, 6.45) is 0. The van der Waals surface area contributed by atoms with E-state index in [0.29, 0.717) is 0 Å². The Labute approximate surface area is 103 Å². The molecule has 0 aliphatic heterocycles. The van der Waals surface area contributed by atoms with Gasteiger partial charge in [0.1, 0.15) is 0 Å². The molecule has 0 heterocycles. The first-order chi connectivity index (χ1) is 7.77. The van der Waals surface area contributed by atoms with Gasteiger partial charge in [-0.1, -0.05) is 19.1 Å². The fraction of sp³-hybridized carbons (Fsp3) is 0.538. The zero-order valence-electron chi connectivity index (χ0n) is 10.4. The highest BCUT2D eigenvalue weighted by Gasteiger charge is 2.00. The maximum Gasteiger partial charge on any atom is 0.0556 e. The van der Waals surface area contributed by atoms with Crippen LogP contribution in [0, 0.1) is 6.92 Å². The highest BCUT2D eigenvalue weighted by molar-refractivity contribution is 7.99. The van der Waals surface area contributed by atoms with E-state index in [0.717, 1.165) is 25.4 Å². The van der Waals surface area contributed by atoms with Crippen LogP contribution in [-0.2, 0) is 11.3 Å². The Morgan fingerprint density at radius 1 is 1.38 bits per heavy atom. The highest BCUT2D eigenvalue weighted by atomic mass is 32.2. The number of nitrogens with one attached hydrogen (secondary N) is 1. The third kappa shape index (κ3) is 4.56. The number of hydrogen-bond acceptors (Lipinski definition) is 3. The molecule has 0 aliphatic rings. The smallest absolute Gasteiger partial charge is 0.0556 e. The third-order valence-electron chi connectivity index (χ3n) is 2.36. The predicted molar refractivity (Wildman–Crippen MR) is 71.2 cm³/mol. The Hall–Kier alpha value is -0.510. The summed E-state index contributed by atoms with van der Waals surface area (Å²) in [5, 5.41) is 3.34. The number of hydrogen-bond donors (Lipinski definition) is 1. The molecule has 2 nitrogen and oxygen atoms in total. The number of thioether (sulfide) groups is 1. The van der Waals surface area contributed by atoms with Crippen molar-refractivity contribution >= 4 is 11.8 Å². The SMILES string of the molecule is CCNCc1ccc(SCCOC)c(C)c1. The molecule has 1 N–H and O–H groups in total. The molecule has 1 aromatic carbocycles. The quantitative estimate of drug-likeness (QED) is 0.584. The number of benzene rings is 1. The first-order valence-corrected chi connectivity index (χ1v) is 6.68. The van der Waals surface area contributed by atoms with Crippen LogP contribution in [0.1, 0.15) is 18.1 Å². The molecule has 0 unspecified atom stereocenters. The van der Waals surface area contributed by atoms with Crippen molar-refractivity contribution in [1.82, 2.24) is 5.32 Å². The molecule has 0 fully saturated rings. The predicted octanol–water partition coefficient (Wildman–Crippen LogP) is 2.84. The topological polar surface area (TPSA) is 21.3 Å². The summed E-state index contributed by atoms with van der Waals surface area (Å²) in [5.41, 5.74) is 2.71. The zero-order chi connectivity index (χ0) is 11.8. The van der Waals surface area contributed by atoms with Crippen LogP contribution in [-0.4, -0.2) is 26.0 Å². The van der Waals surface area contributed by atoms with Crippen molar-refractivity contribution in [2.24, 2.45) is 0 Å². The highest BCUT2D eigenvalue weighted by Crippen LogP contribution is 2.23. The normalized spacial score (nSPS) is 10.7. The van der Waals surface area contributed by atoms with Crippen molar-refractivity contribution in [3.05, 3.63) is 29.3 Å². The Kier molecular flexibility index (Phi) is 6.53. The molecule has 1 aromatic rings. The van der Waals surface area contributed by atoms with Gasteiger partial charge >= 0.3 is 0 Å². The van der Waals surface area contributed by atoms with Gasteiger partial charge in [-0.15, -0.1) is 11.8 Å². The van der Waals surface area contributed by atoms with Gasteiger partial charge in [0.05, 0.1) is 6.61 Å². The van der Waals surface area contributed by atoms with E-state index >= 15 is 0 Å². The van der Waals surface area contributed by atoms with Gasteiger partial charge in [0.25, 0.3) is 0 Å². The lowest BCUT2D eigenvalue weighted by atomic mass is 10.1. The molecule has 0 spiro atoms. The van der Waals surface area contributed by atoms with Crippen LogP contribution in [0.15, 0.2) is 23.1 Å². The summed E-state index contributed by atoms with van der Waals surface area (Å²) in [5.74, 6) is 1.02. The van der Waals surface area contributed by atoms with Crippen LogP contribution in [0.3, 0.4) is 0 Å². The molecule has 1 rings (SSSR count). The van der Waals surface area contributed by atoms with E-state index in [1.807, 2.05) is 11.8 Å². The molecule has 90 valence electrons. The summed E-state index contributed by atoms with van der Waals surface area (Å²) < 4.78 is 5.05. The van der Waals surface area contributed by atoms with E-state index in [1.54, 1.807) is 7.11 Å². The summed E-state index contributed by atoms with van der Waals surface area (Å²) in [6, 6.07) is 6.67. The molecular weight excluding hydrogens is 218 g/mol. The standard InChI is InChI=1S/C13H21NOS/c1-4-14-10-12-5-6-13(11(2)9-12)16-8-7-15-3/h5-6,9,14H,4,7-8,10H2,1-3H3. The van der Waals surface area contributed by atoms with Gasteiger partial charge in [-0.25, -0.2) is 0 Å². The van der Waals surface area contributed by atoms with E-state index in [1.165, 1.54) is 16.0 Å². The van der Waals surface area contributed by atoms with E-state index < -0.39 is 0 Å². The first kappa shape index (κ1) is 13.6. The molecule has 0 saturated carbocycles. The molecule has 0 aromatic heterocycles. The van der Waals surface area contributed by atoms with Gasteiger partial charge < -0.3 is 10.1 Å².